The van der Waals surface area contributed by atoms with Crippen molar-refractivity contribution < 1.29 is 23.8 Å². The summed E-state index contributed by atoms with van der Waals surface area (Å²) in [6, 6.07) is 1.70. The van der Waals surface area contributed by atoms with Gasteiger partial charge in [-0.15, -0.1) is 0 Å². The van der Waals surface area contributed by atoms with Gasteiger partial charge in [0.1, 0.15) is 0 Å². The van der Waals surface area contributed by atoms with Gasteiger partial charge in [-0.1, -0.05) is 26.7 Å². The largest absolute Gasteiger partial charge is 0.504 e. The molecule has 3 N–H and O–H groups in total. The fraction of sp³-hybridized carbons (Fsp3) is 0.625. The first-order valence-electron chi connectivity index (χ1n) is 7.95. The molecule has 23 heavy (non-hydrogen) atoms. The zero-order chi connectivity index (χ0) is 17.4. The summed E-state index contributed by atoms with van der Waals surface area (Å²) >= 11 is 0. The van der Waals surface area contributed by atoms with Crippen molar-refractivity contribution in [2.45, 2.75) is 62.9 Å². The van der Waals surface area contributed by atoms with Crippen molar-refractivity contribution in [2.24, 2.45) is 0 Å². The van der Waals surface area contributed by atoms with Crippen molar-refractivity contribution in [1.29, 1.82) is 0 Å². The third-order valence-corrected chi connectivity index (χ3v) is 6.80. The molecular weight excluding hydrogens is 318 g/mol. The van der Waals surface area contributed by atoms with E-state index in [1.54, 1.807) is 6.92 Å². The van der Waals surface area contributed by atoms with Crippen LogP contribution in [0.3, 0.4) is 0 Å². The summed E-state index contributed by atoms with van der Waals surface area (Å²) in [6.45, 7) is 5.59. The number of phenolic OH excluding ortho intramolecular Hbond substituents is 2. The fourth-order valence-electron chi connectivity index (χ4n) is 3.34. The molecule has 1 heterocycles. The van der Waals surface area contributed by atoms with Crippen LogP contribution in [0.5, 0.6) is 11.5 Å². The number of nitrogens with zero attached hydrogens (tertiary/aromatic N) is 1. The predicted octanol–water partition coefficient (Wildman–Crippen LogP) is 2.98. The Morgan fingerprint density at radius 1 is 1.26 bits per heavy atom. The highest BCUT2D eigenvalue weighted by atomic mass is 32.2. The lowest BCUT2D eigenvalue weighted by Crippen LogP contribution is -2.50. The molecule has 0 spiro atoms. The third-order valence-electron chi connectivity index (χ3n) is 4.86. The number of aromatic hydroxyl groups is 2. The molecule has 0 radical (unpaired) electrons. The Morgan fingerprint density at radius 2 is 1.87 bits per heavy atom. The van der Waals surface area contributed by atoms with E-state index in [4.69, 9.17) is 0 Å². The second kappa shape index (κ2) is 6.30. The maximum Gasteiger partial charge on any atom is 0.180 e. The van der Waals surface area contributed by atoms with Gasteiger partial charge in [0, 0.05) is 6.07 Å². The number of benzene rings is 1. The van der Waals surface area contributed by atoms with E-state index in [1.807, 2.05) is 13.8 Å². The van der Waals surface area contributed by atoms with Gasteiger partial charge in [-0.05, 0) is 31.4 Å². The van der Waals surface area contributed by atoms with Crippen LogP contribution in [0.1, 0.15) is 58.1 Å². The molecule has 1 aliphatic heterocycles. The SMILES string of the molecule is CCCC[C@]1(CC)CS(=O)(=O)c2cc(O)c(O)cc2[C@@H](C)N1O. The van der Waals surface area contributed by atoms with Gasteiger partial charge in [-0.2, -0.15) is 5.06 Å². The number of hydrogen-bond acceptors (Lipinski definition) is 6. The second-order valence-electron chi connectivity index (χ2n) is 6.34. The Labute approximate surface area is 137 Å². The maximum absolute atomic E-state index is 12.9. The summed E-state index contributed by atoms with van der Waals surface area (Å²) in [5, 5.41) is 31.3. The molecule has 1 aliphatic rings. The standard InChI is InChI=1S/C16H25NO5S/c1-4-6-7-16(5-2)10-23(21,22)15-9-14(19)13(18)8-12(15)11(3)17(16)20/h8-9,11,18-20H,4-7,10H2,1-3H3/t11-,16-/m1/s1. The topological polar surface area (TPSA) is 98.1 Å². The molecule has 7 heteroatoms. The molecule has 1 aromatic carbocycles. The predicted molar refractivity (Wildman–Crippen MR) is 86.4 cm³/mol. The van der Waals surface area contributed by atoms with Crippen molar-refractivity contribution in [3.8, 4) is 11.5 Å². The number of hydrogen-bond donors (Lipinski definition) is 3. The number of sulfone groups is 1. The normalized spacial score (nSPS) is 27.4. The summed E-state index contributed by atoms with van der Waals surface area (Å²) < 4.78 is 25.7. The number of fused-ring (bicyclic) bond motifs is 1. The molecular formula is C16H25NO5S. The molecule has 130 valence electrons. The first kappa shape index (κ1) is 18.0. The Bertz CT molecular complexity index is 688. The fourth-order valence-corrected chi connectivity index (χ4v) is 5.57. The third kappa shape index (κ3) is 3.05. The molecule has 0 fully saturated rings. The van der Waals surface area contributed by atoms with E-state index in [1.165, 1.54) is 6.07 Å². The van der Waals surface area contributed by atoms with Crippen molar-refractivity contribution in [3.63, 3.8) is 0 Å². The van der Waals surface area contributed by atoms with E-state index in [2.05, 4.69) is 0 Å². The van der Waals surface area contributed by atoms with Gasteiger partial charge < -0.3 is 15.4 Å². The van der Waals surface area contributed by atoms with Crippen LogP contribution in [0.25, 0.3) is 0 Å². The summed E-state index contributed by atoms with van der Waals surface area (Å²) in [5.41, 5.74) is -0.576. The Hall–Kier alpha value is -1.31. The quantitative estimate of drug-likeness (QED) is 0.727. The molecule has 2 rings (SSSR count). The summed E-state index contributed by atoms with van der Waals surface area (Å²) in [5.74, 6) is -1.08. The summed E-state index contributed by atoms with van der Waals surface area (Å²) in [6.07, 6.45) is 2.75. The minimum atomic E-state index is -3.71. The average molecular weight is 343 g/mol. The van der Waals surface area contributed by atoms with Gasteiger partial charge in [0.2, 0.25) is 0 Å². The lowest BCUT2D eigenvalue weighted by atomic mass is 9.89. The van der Waals surface area contributed by atoms with Crippen molar-refractivity contribution in [1.82, 2.24) is 5.06 Å². The van der Waals surface area contributed by atoms with Gasteiger partial charge in [0.25, 0.3) is 0 Å². The summed E-state index contributed by atoms with van der Waals surface area (Å²) in [7, 11) is -3.71. The highest BCUT2D eigenvalue weighted by Crippen LogP contribution is 2.44. The average Bonchev–Trinajstić information content (AvgIpc) is 2.56. The molecule has 0 saturated heterocycles. The van der Waals surface area contributed by atoms with E-state index in [0.717, 1.165) is 24.0 Å². The van der Waals surface area contributed by atoms with Crippen LogP contribution in [0, 0.1) is 0 Å². The smallest absolute Gasteiger partial charge is 0.180 e. The first-order chi connectivity index (χ1) is 10.7. The number of hydroxylamine groups is 2. The highest BCUT2D eigenvalue weighted by Gasteiger charge is 2.46. The molecule has 0 aliphatic carbocycles. The van der Waals surface area contributed by atoms with Crippen LogP contribution >= 0.6 is 0 Å². The van der Waals surface area contributed by atoms with Crippen molar-refractivity contribution in [2.75, 3.05) is 5.75 Å². The van der Waals surface area contributed by atoms with Gasteiger partial charge in [-0.25, -0.2) is 8.42 Å². The minimum absolute atomic E-state index is 0.0221. The molecule has 0 aromatic heterocycles. The molecule has 6 nitrogen and oxygen atoms in total. The number of phenols is 2. The Balaban J connectivity index is 2.65. The molecule has 0 saturated carbocycles. The molecule has 2 atom stereocenters. The molecule has 1 aromatic rings. The maximum atomic E-state index is 12.9. The number of rotatable bonds is 4. The molecule has 0 amide bonds. The zero-order valence-electron chi connectivity index (χ0n) is 13.8. The van der Waals surface area contributed by atoms with Crippen molar-refractivity contribution in [3.05, 3.63) is 17.7 Å². The van der Waals surface area contributed by atoms with E-state index in [-0.39, 0.29) is 10.6 Å². The zero-order valence-corrected chi connectivity index (χ0v) is 14.6. The van der Waals surface area contributed by atoms with E-state index < -0.39 is 32.9 Å². The van der Waals surface area contributed by atoms with E-state index in [0.29, 0.717) is 18.4 Å². The minimum Gasteiger partial charge on any atom is -0.504 e. The van der Waals surface area contributed by atoms with Gasteiger partial charge in [0.05, 0.1) is 22.2 Å². The van der Waals surface area contributed by atoms with Gasteiger partial charge in [-0.3, -0.25) is 0 Å². The van der Waals surface area contributed by atoms with Crippen LogP contribution in [0.4, 0.5) is 0 Å². The summed E-state index contributed by atoms with van der Waals surface area (Å²) in [4.78, 5) is -0.0221. The van der Waals surface area contributed by atoms with E-state index in [9.17, 15) is 23.8 Å². The van der Waals surface area contributed by atoms with Crippen LogP contribution in [-0.2, 0) is 9.84 Å². The van der Waals surface area contributed by atoms with Gasteiger partial charge in [0.15, 0.2) is 21.3 Å². The molecule has 0 unspecified atom stereocenters. The van der Waals surface area contributed by atoms with Crippen molar-refractivity contribution >= 4 is 9.84 Å². The highest BCUT2D eigenvalue weighted by molar-refractivity contribution is 7.91. The Morgan fingerprint density at radius 3 is 2.43 bits per heavy atom. The van der Waals surface area contributed by atoms with Crippen LogP contribution < -0.4 is 0 Å². The first-order valence-corrected chi connectivity index (χ1v) is 9.60. The molecule has 0 bridgehead atoms. The van der Waals surface area contributed by atoms with Gasteiger partial charge >= 0.3 is 0 Å². The Kier molecular flexibility index (Phi) is 4.94. The van der Waals surface area contributed by atoms with Crippen LogP contribution in [-0.4, -0.2) is 40.2 Å². The second-order valence-corrected chi connectivity index (χ2v) is 8.30. The lowest BCUT2D eigenvalue weighted by Gasteiger charge is -2.40. The monoisotopic (exact) mass is 343 g/mol. The number of unbranched alkanes of at least 4 members (excludes halogenated alkanes) is 1. The van der Waals surface area contributed by atoms with Crippen LogP contribution in [0.2, 0.25) is 0 Å². The van der Waals surface area contributed by atoms with Crippen LogP contribution in [0.15, 0.2) is 17.0 Å². The lowest BCUT2D eigenvalue weighted by molar-refractivity contribution is -0.198. The van der Waals surface area contributed by atoms with E-state index >= 15 is 0 Å².